The Balaban J connectivity index is 1.98. The van der Waals surface area contributed by atoms with Crippen LogP contribution in [-0.2, 0) is 0 Å². The van der Waals surface area contributed by atoms with E-state index in [-0.39, 0.29) is 11.8 Å². The molecular formula is C19H17N5O2S. The van der Waals surface area contributed by atoms with Crippen molar-refractivity contribution in [1.82, 2.24) is 24.6 Å². The number of aryl methyl sites for hydroxylation is 1. The van der Waals surface area contributed by atoms with Gasteiger partial charge in [0.1, 0.15) is 5.75 Å². The van der Waals surface area contributed by atoms with Crippen molar-refractivity contribution in [3.63, 3.8) is 0 Å². The van der Waals surface area contributed by atoms with E-state index < -0.39 is 0 Å². The van der Waals surface area contributed by atoms with Crippen LogP contribution in [0.2, 0.25) is 0 Å². The number of aromatic hydroxyl groups is 1. The normalized spacial score (nSPS) is 11.0. The third-order valence-corrected chi connectivity index (χ3v) is 4.78. The smallest absolute Gasteiger partial charge is 0.325 e. The summed E-state index contributed by atoms with van der Waals surface area (Å²) in [5, 5.41) is 20.4. The van der Waals surface area contributed by atoms with Crippen LogP contribution in [0.4, 0.5) is 4.79 Å². The van der Waals surface area contributed by atoms with Crippen molar-refractivity contribution in [3.05, 3.63) is 59.0 Å². The molecule has 4 aromatic rings. The quantitative estimate of drug-likeness (QED) is 0.463. The number of carbonyl (C=O) groups excluding carboxylic acids is 1. The number of fused-ring (bicyclic) bond motifs is 1. The largest absolute Gasteiger partial charge is 0.508 e. The van der Waals surface area contributed by atoms with Gasteiger partial charge in [0.05, 0.1) is 11.2 Å². The molecule has 0 saturated heterocycles. The maximum atomic E-state index is 12.1. The topological polar surface area (TPSA) is 87.9 Å². The first kappa shape index (κ1) is 17.0. The minimum absolute atomic E-state index is 0.196. The monoisotopic (exact) mass is 379 g/mol. The van der Waals surface area contributed by atoms with E-state index in [9.17, 15) is 9.90 Å². The lowest BCUT2D eigenvalue weighted by molar-refractivity contribution is 0.245. The van der Waals surface area contributed by atoms with Crippen molar-refractivity contribution in [2.45, 2.75) is 6.92 Å². The van der Waals surface area contributed by atoms with Crippen LogP contribution in [-0.4, -0.2) is 37.5 Å². The molecule has 8 heteroatoms. The minimum Gasteiger partial charge on any atom is -0.508 e. The van der Waals surface area contributed by atoms with Gasteiger partial charge in [-0.15, -0.1) is 0 Å². The molecule has 2 heterocycles. The second-order valence-electron chi connectivity index (χ2n) is 6.14. The SMILES string of the molecule is CNC(=O)n1ccc2c(-n3c(-c4ccc(O)cc4C)n[nH]c3=S)cccc21. The molecule has 0 radical (unpaired) electrons. The van der Waals surface area contributed by atoms with Crippen LogP contribution >= 0.6 is 12.2 Å². The number of benzene rings is 2. The number of phenols is 1. The Morgan fingerprint density at radius 3 is 2.81 bits per heavy atom. The van der Waals surface area contributed by atoms with Crippen molar-refractivity contribution in [2.24, 2.45) is 0 Å². The van der Waals surface area contributed by atoms with Crippen LogP contribution in [0.15, 0.2) is 48.7 Å². The van der Waals surface area contributed by atoms with E-state index in [1.54, 1.807) is 29.9 Å². The number of amides is 1. The molecule has 0 aliphatic heterocycles. The summed E-state index contributed by atoms with van der Waals surface area (Å²) in [6.45, 7) is 1.90. The zero-order valence-corrected chi connectivity index (χ0v) is 15.5. The number of hydrogen-bond acceptors (Lipinski definition) is 4. The van der Waals surface area contributed by atoms with Crippen molar-refractivity contribution in [3.8, 4) is 22.8 Å². The molecule has 0 saturated carbocycles. The van der Waals surface area contributed by atoms with Gasteiger partial charge in [0.25, 0.3) is 0 Å². The average Bonchev–Trinajstić information content (AvgIpc) is 3.25. The molecule has 1 amide bonds. The van der Waals surface area contributed by atoms with Crippen molar-refractivity contribution in [1.29, 1.82) is 0 Å². The van der Waals surface area contributed by atoms with Gasteiger partial charge in [-0.3, -0.25) is 14.2 Å². The predicted molar refractivity (Wildman–Crippen MR) is 106 cm³/mol. The highest BCUT2D eigenvalue weighted by atomic mass is 32.1. The molecule has 0 spiro atoms. The van der Waals surface area contributed by atoms with Crippen molar-refractivity contribution >= 4 is 29.2 Å². The van der Waals surface area contributed by atoms with Crippen molar-refractivity contribution < 1.29 is 9.90 Å². The van der Waals surface area contributed by atoms with Crippen LogP contribution in [0, 0.1) is 11.7 Å². The second kappa shape index (κ2) is 6.40. The van der Waals surface area contributed by atoms with Gasteiger partial charge in [-0.1, -0.05) is 6.07 Å². The highest BCUT2D eigenvalue weighted by Gasteiger charge is 2.17. The number of aromatic amines is 1. The Morgan fingerprint density at radius 2 is 2.07 bits per heavy atom. The fourth-order valence-electron chi connectivity index (χ4n) is 3.24. The summed E-state index contributed by atoms with van der Waals surface area (Å²) in [4.78, 5) is 12.1. The van der Waals surface area contributed by atoms with Gasteiger partial charge in [-0.2, -0.15) is 5.10 Å². The summed E-state index contributed by atoms with van der Waals surface area (Å²) < 4.78 is 3.83. The summed E-state index contributed by atoms with van der Waals surface area (Å²) >= 11 is 5.48. The Hall–Kier alpha value is -3.39. The maximum absolute atomic E-state index is 12.1. The van der Waals surface area contributed by atoms with Gasteiger partial charge < -0.3 is 10.4 Å². The molecule has 0 aliphatic carbocycles. The van der Waals surface area contributed by atoms with E-state index >= 15 is 0 Å². The van der Waals surface area contributed by atoms with Gasteiger partial charge in [0, 0.05) is 24.2 Å². The molecule has 2 aromatic carbocycles. The van der Waals surface area contributed by atoms with Crippen LogP contribution in [0.3, 0.4) is 0 Å². The minimum atomic E-state index is -0.215. The third kappa shape index (κ3) is 2.70. The summed E-state index contributed by atoms with van der Waals surface area (Å²) in [5.41, 5.74) is 3.31. The fourth-order valence-corrected chi connectivity index (χ4v) is 3.47. The lowest BCUT2D eigenvalue weighted by atomic mass is 10.1. The van der Waals surface area contributed by atoms with Gasteiger partial charge in [0.2, 0.25) is 0 Å². The van der Waals surface area contributed by atoms with Crippen LogP contribution in [0.1, 0.15) is 5.56 Å². The van der Waals surface area contributed by atoms with Gasteiger partial charge in [-0.05, 0) is 61.1 Å². The van der Waals surface area contributed by atoms with Crippen LogP contribution < -0.4 is 5.32 Å². The van der Waals surface area contributed by atoms with E-state index in [0.29, 0.717) is 10.6 Å². The standard InChI is InChI=1S/C19H17N5O2S/c1-11-10-12(25)6-7-13(11)17-21-22-19(27)24(17)16-5-3-4-15-14(16)8-9-23(15)18(26)20-2/h3-10,25H,1-2H3,(H,20,26)(H,22,27). The van der Waals surface area contributed by atoms with Gasteiger partial charge in [0.15, 0.2) is 10.6 Å². The van der Waals surface area contributed by atoms with Crippen LogP contribution in [0.25, 0.3) is 28.0 Å². The van der Waals surface area contributed by atoms with E-state index in [1.165, 1.54) is 0 Å². The number of hydrogen-bond donors (Lipinski definition) is 3. The number of carbonyl (C=O) groups is 1. The third-order valence-electron chi connectivity index (χ3n) is 4.51. The highest BCUT2D eigenvalue weighted by molar-refractivity contribution is 7.71. The summed E-state index contributed by atoms with van der Waals surface area (Å²) in [5.74, 6) is 0.833. The lowest BCUT2D eigenvalue weighted by Crippen LogP contribution is -2.23. The molecule has 0 aliphatic rings. The predicted octanol–water partition coefficient (Wildman–Crippen LogP) is 3.75. The summed E-state index contributed by atoms with van der Waals surface area (Å²) in [6.07, 6.45) is 1.72. The average molecular weight is 379 g/mol. The number of rotatable bonds is 2. The number of H-pyrrole nitrogens is 1. The molecule has 0 atom stereocenters. The first-order valence-corrected chi connectivity index (χ1v) is 8.72. The lowest BCUT2D eigenvalue weighted by Gasteiger charge is -2.11. The van der Waals surface area contributed by atoms with Crippen LogP contribution in [0.5, 0.6) is 5.75 Å². The number of phenolic OH excluding ortho intramolecular Hbond substituents is 1. The highest BCUT2D eigenvalue weighted by Crippen LogP contribution is 2.30. The molecule has 0 fully saturated rings. The molecule has 27 heavy (non-hydrogen) atoms. The Labute approximate surface area is 159 Å². The Kier molecular flexibility index (Phi) is 4.04. The Bertz CT molecular complexity index is 1230. The van der Waals surface area contributed by atoms with Crippen molar-refractivity contribution in [2.75, 3.05) is 7.05 Å². The van der Waals surface area contributed by atoms with E-state index in [0.717, 1.165) is 27.7 Å². The zero-order valence-electron chi connectivity index (χ0n) is 14.7. The zero-order chi connectivity index (χ0) is 19.1. The summed E-state index contributed by atoms with van der Waals surface area (Å²) in [7, 11) is 1.59. The van der Waals surface area contributed by atoms with Gasteiger partial charge in [-0.25, -0.2) is 4.79 Å². The molecule has 3 N–H and O–H groups in total. The number of nitrogens with one attached hydrogen (secondary N) is 2. The first-order valence-electron chi connectivity index (χ1n) is 8.31. The number of aromatic nitrogens is 4. The first-order chi connectivity index (χ1) is 13.0. The molecular weight excluding hydrogens is 362 g/mol. The molecule has 4 rings (SSSR count). The van der Waals surface area contributed by atoms with E-state index in [2.05, 4.69) is 15.5 Å². The maximum Gasteiger partial charge on any atom is 0.325 e. The number of nitrogens with zero attached hydrogens (tertiary/aromatic N) is 3. The van der Waals surface area contributed by atoms with E-state index in [1.807, 2.05) is 41.8 Å². The van der Waals surface area contributed by atoms with E-state index in [4.69, 9.17) is 12.2 Å². The Morgan fingerprint density at radius 1 is 1.26 bits per heavy atom. The molecule has 2 aromatic heterocycles. The molecule has 136 valence electrons. The molecule has 0 unspecified atom stereocenters. The molecule has 7 nitrogen and oxygen atoms in total. The second-order valence-corrected chi connectivity index (χ2v) is 6.52. The fraction of sp³-hybridized carbons (Fsp3) is 0.105. The van der Waals surface area contributed by atoms with Gasteiger partial charge >= 0.3 is 6.03 Å². The summed E-state index contributed by atoms with van der Waals surface area (Å²) in [6, 6.07) is 12.5. The molecule has 0 bridgehead atoms.